The van der Waals surface area contributed by atoms with Crippen LogP contribution in [-0.2, 0) is 4.79 Å². The van der Waals surface area contributed by atoms with Crippen molar-refractivity contribution < 1.29 is 19.0 Å². The summed E-state index contributed by atoms with van der Waals surface area (Å²) in [5, 5.41) is 12.0. The Hall–Kier alpha value is -2.95. The van der Waals surface area contributed by atoms with Crippen molar-refractivity contribution >= 4 is 28.2 Å². The van der Waals surface area contributed by atoms with Gasteiger partial charge >= 0.3 is 5.97 Å². The summed E-state index contributed by atoms with van der Waals surface area (Å²) in [5.74, 6) is 6.88. The number of likely N-dealkylation sites (tertiary alicyclic amines) is 1. The summed E-state index contributed by atoms with van der Waals surface area (Å²) in [6, 6.07) is 11.3. The first-order chi connectivity index (χ1) is 17.0. The molecule has 1 fully saturated rings. The minimum Gasteiger partial charge on any atom is -0.497 e. The van der Waals surface area contributed by atoms with Gasteiger partial charge in [0.1, 0.15) is 11.9 Å². The fraction of sp³-hybridized carbons (Fsp3) is 0.429. The normalized spacial score (nSPS) is 19.1. The first-order valence-electron chi connectivity index (χ1n) is 12.1. The first-order valence-corrected chi connectivity index (χ1v) is 12.9. The van der Waals surface area contributed by atoms with Crippen LogP contribution in [0.25, 0.3) is 10.9 Å². The van der Waals surface area contributed by atoms with E-state index in [1.54, 1.807) is 30.7 Å². The number of carboxylic acid groups (broad SMARTS) is 1. The van der Waals surface area contributed by atoms with Crippen molar-refractivity contribution in [3.05, 3.63) is 58.4 Å². The number of piperidine rings is 1. The van der Waals surface area contributed by atoms with Crippen molar-refractivity contribution in [2.24, 2.45) is 11.8 Å². The van der Waals surface area contributed by atoms with E-state index in [4.69, 9.17) is 4.74 Å². The molecule has 3 aromatic rings. The molecule has 1 aliphatic rings. The second kappa shape index (κ2) is 12.1. The standard InChI is InChI=1S/C28H31FN2O3S/c1-34-22-8-10-27-25(18-22)24(12-14-30-27)26(29)9-6-20-13-16-31(19-21(20)7-11-28(32)33)15-2-4-23-5-3-17-35-23/h3,5,8,10,12,14,17-18,20-21,26H,6-7,9,11,13,15-16,19H2,1H3,(H,32,33)/t20?,21?,26-/m0/s1. The molecule has 3 heterocycles. The maximum Gasteiger partial charge on any atom is 0.303 e. The number of hydrogen-bond donors (Lipinski definition) is 1. The molecule has 0 bridgehead atoms. The number of alkyl halides is 1. The summed E-state index contributed by atoms with van der Waals surface area (Å²) in [5.41, 5.74) is 1.39. The molecule has 3 atom stereocenters. The lowest BCUT2D eigenvalue weighted by molar-refractivity contribution is -0.137. The number of rotatable bonds is 9. The number of aromatic nitrogens is 1. The maximum absolute atomic E-state index is 15.5. The Morgan fingerprint density at radius 3 is 2.97 bits per heavy atom. The van der Waals surface area contributed by atoms with Gasteiger partial charge in [-0.3, -0.25) is 14.7 Å². The van der Waals surface area contributed by atoms with Crippen LogP contribution in [0.4, 0.5) is 4.39 Å². The second-order valence-corrected chi connectivity index (χ2v) is 10.0. The molecule has 7 heteroatoms. The summed E-state index contributed by atoms with van der Waals surface area (Å²) in [6.45, 7) is 2.38. The van der Waals surface area contributed by atoms with Crippen molar-refractivity contribution in [1.29, 1.82) is 0 Å². The molecule has 2 aromatic heterocycles. The second-order valence-electron chi connectivity index (χ2n) is 9.08. The number of pyridine rings is 1. The average molecular weight is 495 g/mol. The minimum absolute atomic E-state index is 0.143. The monoisotopic (exact) mass is 494 g/mol. The zero-order chi connectivity index (χ0) is 24.6. The van der Waals surface area contributed by atoms with Crippen LogP contribution in [0.3, 0.4) is 0 Å². The third-order valence-corrected chi connectivity index (χ3v) is 7.64. The number of halogens is 1. The lowest BCUT2D eigenvalue weighted by Crippen LogP contribution is -2.41. The summed E-state index contributed by atoms with van der Waals surface area (Å²) in [4.78, 5) is 19.0. The first kappa shape index (κ1) is 25.2. The topological polar surface area (TPSA) is 62.7 Å². The summed E-state index contributed by atoms with van der Waals surface area (Å²) < 4.78 is 20.8. The number of fused-ring (bicyclic) bond motifs is 1. The predicted octanol–water partition coefficient (Wildman–Crippen LogP) is 5.95. The van der Waals surface area contributed by atoms with Crippen molar-refractivity contribution in [1.82, 2.24) is 9.88 Å². The lowest BCUT2D eigenvalue weighted by Gasteiger charge is -2.38. The van der Waals surface area contributed by atoms with Gasteiger partial charge in [-0.15, -0.1) is 11.3 Å². The van der Waals surface area contributed by atoms with Crippen molar-refractivity contribution in [3.63, 3.8) is 0 Å². The van der Waals surface area contributed by atoms with E-state index in [0.29, 0.717) is 36.6 Å². The van der Waals surface area contributed by atoms with Crippen LogP contribution in [0.2, 0.25) is 0 Å². The number of hydrogen-bond acceptors (Lipinski definition) is 5. The Labute approximate surface area is 209 Å². The third kappa shape index (κ3) is 6.81. The van der Waals surface area contributed by atoms with Crippen LogP contribution in [-0.4, -0.2) is 47.7 Å². The molecular weight excluding hydrogens is 463 g/mol. The molecule has 5 nitrogen and oxygen atoms in total. The van der Waals surface area contributed by atoms with Crippen LogP contribution >= 0.6 is 11.3 Å². The number of aliphatic carboxylic acids is 1. The molecule has 0 saturated carbocycles. The van der Waals surface area contributed by atoms with Crippen LogP contribution < -0.4 is 4.74 Å². The highest BCUT2D eigenvalue weighted by Gasteiger charge is 2.30. The molecule has 2 unspecified atom stereocenters. The fourth-order valence-corrected chi connectivity index (χ4v) is 5.56. The van der Waals surface area contributed by atoms with E-state index >= 15 is 4.39 Å². The van der Waals surface area contributed by atoms with Gasteiger partial charge in [0.05, 0.1) is 24.0 Å². The van der Waals surface area contributed by atoms with Crippen LogP contribution in [0.1, 0.15) is 48.7 Å². The van der Waals surface area contributed by atoms with Gasteiger partial charge in [-0.25, -0.2) is 4.39 Å². The van der Waals surface area contributed by atoms with E-state index in [-0.39, 0.29) is 12.3 Å². The molecule has 1 aliphatic heterocycles. The number of ether oxygens (including phenoxy) is 1. The molecule has 0 amide bonds. The fourth-order valence-electron chi connectivity index (χ4n) is 4.97. The van der Waals surface area contributed by atoms with Gasteiger partial charge in [0, 0.05) is 24.5 Å². The minimum atomic E-state index is -1.11. The summed E-state index contributed by atoms with van der Waals surface area (Å²) >= 11 is 1.63. The lowest BCUT2D eigenvalue weighted by atomic mass is 9.79. The van der Waals surface area contributed by atoms with Crippen LogP contribution in [0, 0.1) is 23.7 Å². The number of carbonyl (C=O) groups is 1. The van der Waals surface area contributed by atoms with Gasteiger partial charge in [-0.05, 0) is 85.3 Å². The molecule has 1 saturated heterocycles. The molecule has 1 aromatic carbocycles. The van der Waals surface area contributed by atoms with Crippen molar-refractivity contribution in [3.8, 4) is 17.6 Å². The number of nitrogens with zero attached hydrogens (tertiary/aromatic N) is 2. The quantitative estimate of drug-likeness (QED) is 0.373. The number of carboxylic acids is 1. The molecule has 0 aliphatic carbocycles. The van der Waals surface area contributed by atoms with E-state index in [9.17, 15) is 9.90 Å². The molecule has 184 valence electrons. The van der Waals surface area contributed by atoms with Gasteiger partial charge in [0.2, 0.25) is 0 Å². The Morgan fingerprint density at radius 1 is 1.31 bits per heavy atom. The van der Waals surface area contributed by atoms with E-state index in [1.165, 1.54) is 0 Å². The van der Waals surface area contributed by atoms with E-state index in [1.807, 2.05) is 35.7 Å². The highest BCUT2D eigenvalue weighted by Crippen LogP contribution is 2.36. The molecule has 1 N–H and O–H groups in total. The Balaban J connectivity index is 1.39. The third-order valence-electron chi connectivity index (χ3n) is 6.85. The maximum atomic E-state index is 15.5. The molecule has 0 radical (unpaired) electrons. The Kier molecular flexibility index (Phi) is 8.73. The zero-order valence-electron chi connectivity index (χ0n) is 20.0. The number of thiophene rings is 1. The Bertz CT molecular complexity index is 1190. The largest absolute Gasteiger partial charge is 0.497 e. The smallest absolute Gasteiger partial charge is 0.303 e. The van der Waals surface area contributed by atoms with Gasteiger partial charge in [0.25, 0.3) is 0 Å². The van der Waals surface area contributed by atoms with Crippen molar-refractivity contribution in [2.75, 3.05) is 26.7 Å². The number of benzene rings is 1. The van der Waals surface area contributed by atoms with Crippen molar-refractivity contribution in [2.45, 2.75) is 38.3 Å². The number of methoxy groups -OCH3 is 1. The van der Waals surface area contributed by atoms with E-state index in [0.717, 1.165) is 41.7 Å². The predicted molar refractivity (Wildman–Crippen MR) is 137 cm³/mol. The summed E-state index contributed by atoms with van der Waals surface area (Å²) in [7, 11) is 1.60. The molecule has 0 spiro atoms. The van der Waals surface area contributed by atoms with Crippen LogP contribution in [0.5, 0.6) is 5.75 Å². The average Bonchev–Trinajstić information content (AvgIpc) is 3.39. The highest BCUT2D eigenvalue weighted by molar-refractivity contribution is 7.10. The van der Waals surface area contributed by atoms with Gasteiger partial charge in [-0.1, -0.05) is 17.9 Å². The highest BCUT2D eigenvalue weighted by atomic mass is 32.1. The summed E-state index contributed by atoms with van der Waals surface area (Å²) in [6.07, 6.45) is 3.37. The van der Waals surface area contributed by atoms with Gasteiger partial charge in [-0.2, -0.15) is 0 Å². The molecule has 4 rings (SSSR count). The molecular formula is C28H31FN2O3S. The van der Waals surface area contributed by atoms with Gasteiger partial charge in [0.15, 0.2) is 0 Å². The van der Waals surface area contributed by atoms with E-state index in [2.05, 4.69) is 21.7 Å². The molecule has 35 heavy (non-hydrogen) atoms. The Morgan fingerprint density at radius 2 is 2.20 bits per heavy atom. The zero-order valence-corrected chi connectivity index (χ0v) is 20.8. The van der Waals surface area contributed by atoms with Gasteiger partial charge < -0.3 is 9.84 Å². The SMILES string of the molecule is COc1ccc2nccc([C@@H](F)CCC3CCN(CC#Cc4cccs4)CC3CCC(=O)O)c2c1. The van der Waals surface area contributed by atoms with E-state index < -0.39 is 12.1 Å². The van der Waals surface area contributed by atoms with Crippen LogP contribution in [0.15, 0.2) is 48.0 Å².